The molecular weight excluding hydrogens is 410 g/mol. The van der Waals surface area contributed by atoms with Crippen LogP contribution in [0.15, 0.2) is 65.1 Å². The van der Waals surface area contributed by atoms with E-state index in [1.165, 1.54) is 0 Å². The summed E-state index contributed by atoms with van der Waals surface area (Å²) in [6.07, 6.45) is 0. The molecule has 5 nitrogen and oxygen atoms in total. The first kappa shape index (κ1) is 19.0. The molecule has 3 aromatic rings. The predicted octanol–water partition coefficient (Wildman–Crippen LogP) is 4.18. The molecule has 27 heavy (non-hydrogen) atoms. The van der Waals surface area contributed by atoms with Gasteiger partial charge in [0.25, 0.3) is 5.91 Å². The lowest BCUT2D eigenvalue weighted by Crippen LogP contribution is -2.32. The number of hydrogen-bond acceptors (Lipinski definition) is 4. The molecule has 6 heteroatoms. The number of carbonyl (C=O) groups excluding carboxylic acids is 1. The van der Waals surface area contributed by atoms with E-state index in [1.54, 1.807) is 7.11 Å². The summed E-state index contributed by atoms with van der Waals surface area (Å²) in [5, 5.41) is 4.92. The van der Waals surface area contributed by atoms with Gasteiger partial charge in [-0.1, -0.05) is 42.5 Å². The maximum Gasteiger partial charge on any atom is 0.258 e. The highest BCUT2D eigenvalue weighted by Crippen LogP contribution is 2.33. The molecule has 0 aromatic heterocycles. The average molecular weight is 430 g/mol. The van der Waals surface area contributed by atoms with E-state index in [0.29, 0.717) is 30.4 Å². The van der Waals surface area contributed by atoms with Gasteiger partial charge in [0.05, 0.1) is 18.1 Å². The number of ether oxygens (including phenoxy) is 3. The van der Waals surface area contributed by atoms with E-state index in [-0.39, 0.29) is 12.5 Å². The molecule has 3 aromatic carbocycles. The van der Waals surface area contributed by atoms with Crippen LogP contribution in [-0.2, 0) is 4.79 Å². The summed E-state index contributed by atoms with van der Waals surface area (Å²) in [4.78, 5) is 12.0. The molecule has 0 fully saturated rings. The fraction of sp³-hybridized carbons (Fsp3) is 0.190. The zero-order chi connectivity index (χ0) is 19.1. The van der Waals surface area contributed by atoms with Crippen LogP contribution in [-0.4, -0.2) is 32.8 Å². The number of rotatable bonds is 8. The third-order valence-corrected chi connectivity index (χ3v) is 4.76. The number of para-hydroxylation sites is 2. The molecule has 0 bridgehead atoms. The van der Waals surface area contributed by atoms with Gasteiger partial charge in [-0.25, -0.2) is 0 Å². The van der Waals surface area contributed by atoms with Gasteiger partial charge in [0.15, 0.2) is 18.1 Å². The minimum atomic E-state index is -0.210. The molecule has 0 aliphatic rings. The fourth-order valence-electron chi connectivity index (χ4n) is 2.61. The molecule has 0 saturated carbocycles. The summed E-state index contributed by atoms with van der Waals surface area (Å²) in [6, 6.07) is 19.2. The molecule has 140 valence electrons. The molecule has 1 amide bonds. The van der Waals surface area contributed by atoms with Crippen molar-refractivity contribution in [1.29, 1.82) is 0 Å². The molecule has 0 saturated heterocycles. The van der Waals surface area contributed by atoms with Crippen LogP contribution in [0.2, 0.25) is 0 Å². The number of hydrogen-bond donors (Lipinski definition) is 1. The number of benzene rings is 3. The van der Waals surface area contributed by atoms with Crippen molar-refractivity contribution in [2.45, 2.75) is 0 Å². The Morgan fingerprint density at radius 3 is 2.48 bits per heavy atom. The Kier molecular flexibility index (Phi) is 6.54. The van der Waals surface area contributed by atoms with Gasteiger partial charge in [-0.3, -0.25) is 4.79 Å². The highest BCUT2D eigenvalue weighted by atomic mass is 79.9. The number of amides is 1. The molecule has 0 spiro atoms. The number of fused-ring (bicyclic) bond motifs is 1. The van der Waals surface area contributed by atoms with Gasteiger partial charge in [-0.2, -0.15) is 0 Å². The molecule has 1 N–H and O–H groups in total. The van der Waals surface area contributed by atoms with Crippen LogP contribution in [0.3, 0.4) is 0 Å². The quantitative estimate of drug-likeness (QED) is 0.545. The van der Waals surface area contributed by atoms with Crippen molar-refractivity contribution in [1.82, 2.24) is 5.32 Å². The Hall–Kier alpha value is -2.73. The fourth-order valence-corrected chi connectivity index (χ4v) is 3.22. The predicted molar refractivity (Wildman–Crippen MR) is 109 cm³/mol. The Labute approximate surface area is 166 Å². The Bertz CT molecular complexity index is 929. The van der Waals surface area contributed by atoms with Crippen LogP contribution in [0, 0.1) is 0 Å². The summed E-state index contributed by atoms with van der Waals surface area (Å²) in [6.45, 7) is 0.649. The van der Waals surface area contributed by atoms with Gasteiger partial charge in [-0.15, -0.1) is 0 Å². The van der Waals surface area contributed by atoms with Crippen LogP contribution in [0.5, 0.6) is 17.2 Å². The number of halogens is 1. The zero-order valence-electron chi connectivity index (χ0n) is 14.9. The molecule has 0 atom stereocenters. The molecule has 0 aliphatic heterocycles. The molecule has 0 heterocycles. The zero-order valence-corrected chi connectivity index (χ0v) is 16.5. The minimum Gasteiger partial charge on any atom is -0.493 e. The maximum absolute atomic E-state index is 12.0. The van der Waals surface area contributed by atoms with Gasteiger partial charge in [0, 0.05) is 0 Å². The minimum absolute atomic E-state index is 0.0639. The van der Waals surface area contributed by atoms with Crippen molar-refractivity contribution in [3.05, 3.63) is 65.1 Å². The summed E-state index contributed by atoms with van der Waals surface area (Å²) in [5.41, 5.74) is 0. The largest absolute Gasteiger partial charge is 0.493 e. The number of methoxy groups -OCH3 is 1. The van der Waals surface area contributed by atoms with Crippen LogP contribution in [0.25, 0.3) is 10.8 Å². The second-order valence-electron chi connectivity index (χ2n) is 5.74. The van der Waals surface area contributed by atoms with E-state index in [0.717, 1.165) is 15.2 Å². The maximum atomic E-state index is 12.0. The molecule has 0 radical (unpaired) electrons. The smallest absolute Gasteiger partial charge is 0.258 e. The van der Waals surface area contributed by atoms with Gasteiger partial charge in [0.1, 0.15) is 12.4 Å². The lowest BCUT2D eigenvalue weighted by atomic mass is 10.1. The van der Waals surface area contributed by atoms with E-state index in [2.05, 4.69) is 21.2 Å². The average Bonchev–Trinajstić information content (AvgIpc) is 2.71. The number of nitrogens with one attached hydrogen (secondary N) is 1. The highest BCUT2D eigenvalue weighted by Gasteiger charge is 2.09. The van der Waals surface area contributed by atoms with Crippen LogP contribution < -0.4 is 19.5 Å². The summed E-state index contributed by atoms with van der Waals surface area (Å²) in [7, 11) is 1.59. The SMILES string of the molecule is COc1ccccc1OCCNC(=O)COc1ccc2ccccc2c1Br. The highest BCUT2D eigenvalue weighted by molar-refractivity contribution is 9.10. The standard InChI is InChI=1S/C21H20BrNO4/c1-25-17-8-4-5-9-18(17)26-13-12-23-20(24)14-27-19-11-10-15-6-2-3-7-16(15)21(19)22/h2-11H,12-14H2,1H3,(H,23,24). The van der Waals surface area contributed by atoms with E-state index >= 15 is 0 Å². The molecular formula is C21H20BrNO4. The topological polar surface area (TPSA) is 56.8 Å². The number of carbonyl (C=O) groups is 1. The van der Waals surface area contributed by atoms with Gasteiger partial charge >= 0.3 is 0 Å². The van der Waals surface area contributed by atoms with Crippen molar-refractivity contribution in [2.24, 2.45) is 0 Å². The summed E-state index contributed by atoms with van der Waals surface area (Å²) < 4.78 is 17.3. The second-order valence-corrected chi connectivity index (χ2v) is 6.53. The third kappa shape index (κ3) is 4.92. The Morgan fingerprint density at radius 2 is 1.67 bits per heavy atom. The third-order valence-electron chi connectivity index (χ3n) is 3.94. The normalized spacial score (nSPS) is 10.4. The van der Waals surface area contributed by atoms with Crippen LogP contribution >= 0.6 is 15.9 Å². The van der Waals surface area contributed by atoms with Crippen LogP contribution in [0.4, 0.5) is 0 Å². The van der Waals surface area contributed by atoms with E-state index < -0.39 is 0 Å². The molecule has 3 rings (SSSR count). The van der Waals surface area contributed by atoms with Crippen molar-refractivity contribution in [2.75, 3.05) is 26.9 Å². The Morgan fingerprint density at radius 1 is 0.926 bits per heavy atom. The second kappa shape index (κ2) is 9.28. The van der Waals surface area contributed by atoms with E-state index in [1.807, 2.05) is 60.7 Å². The van der Waals surface area contributed by atoms with Gasteiger partial charge in [0.2, 0.25) is 0 Å². The van der Waals surface area contributed by atoms with Crippen molar-refractivity contribution in [3.8, 4) is 17.2 Å². The lowest BCUT2D eigenvalue weighted by Gasteiger charge is -2.12. The lowest BCUT2D eigenvalue weighted by molar-refractivity contribution is -0.123. The van der Waals surface area contributed by atoms with Crippen molar-refractivity contribution in [3.63, 3.8) is 0 Å². The van der Waals surface area contributed by atoms with E-state index in [9.17, 15) is 4.79 Å². The molecule has 0 aliphatic carbocycles. The summed E-state index contributed by atoms with van der Waals surface area (Å²) in [5.74, 6) is 1.73. The van der Waals surface area contributed by atoms with E-state index in [4.69, 9.17) is 14.2 Å². The molecule has 0 unspecified atom stereocenters. The Balaban J connectivity index is 1.45. The van der Waals surface area contributed by atoms with Gasteiger partial charge < -0.3 is 19.5 Å². The first-order valence-corrected chi connectivity index (χ1v) is 9.31. The van der Waals surface area contributed by atoms with Crippen molar-refractivity contribution >= 4 is 32.6 Å². The monoisotopic (exact) mass is 429 g/mol. The van der Waals surface area contributed by atoms with Crippen molar-refractivity contribution < 1.29 is 19.0 Å². The van der Waals surface area contributed by atoms with Gasteiger partial charge in [-0.05, 0) is 44.9 Å². The van der Waals surface area contributed by atoms with Crippen LogP contribution in [0.1, 0.15) is 0 Å². The first-order chi connectivity index (χ1) is 13.2. The first-order valence-electron chi connectivity index (χ1n) is 8.51. The summed E-state index contributed by atoms with van der Waals surface area (Å²) >= 11 is 3.55.